The lowest BCUT2D eigenvalue weighted by atomic mass is 10.3. The van der Waals surface area contributed by atoms with Crippen molar-refractivity contribution in [2.45, 2.75) is 0 Å². The summed E-state index contributed by atoms with van der Waals surface area (Å²) < 4.78 is 1.95. The zero-order valence-corrected chi connectivity index (χ0v) is 11.7. The van der Waals surface area contributed by atoms with E-state index in [1.54, 1.807) is 0 Å². The van der Waals surface area contributed by atoms with E-state index in [0.717, 1.165) is 18.9 Å². The van der Waals surface area contributed by atoms with Crippen molar-refractivity contribution in [1.82, 2.24) is 4.98 Å². The molecule has 84 valence electrons. The molecule has 17 heavy (non-hydrogen) atoms. The summed E-state index contributed by atoms with van der Waals surface area (Å²) in [7, 11) is 0. The highest BCUT2D eigenvalue weighted by molar-refractivity contribution is 9.11. The Morgan fingerprint density at radius 1 is 1.06 bits per heavy atom. The van der Waals surface area contributed by atoms with Crippen LogP contribution in [-0.2, 0) is 0 Å². The Bertz CT molecular complexity index is 747. The van der Waals surface area contributed by atoms with Gasteiger partial charge in [-0.2, -0.15) is 0 Å². The first-order chi connectivity index (χ1) is 8.24. The predicted molar refractivity (Wildman–Crippen MR) is 76.9 cm³/mol. The van der Waals surface area contributed by atoms with E-state index in [-0.39, 0.29) is 4.74 Å². The second-order valence-electron chi connectivity index (χ2n) is 3.42. The van der Waals surface area contributed by atoms with E-state index in [0.29, 0.717) is 5.69 Å². The van der Waals surface area contributed by atoms with Crippen LogP contribution in [0.2, 0.25) is 0 Å². The van der Waals surface area contributed by atoms with Gasteiger partial charge >= 0.3 is 0 Å². The number of para-hydroxylation sites is 1. The van der Waals surface area contributed by atoms with Crippen molar-refractivity contribution >= 4 is 48.8 Å². The summed E-state index contributed by atoms with van der Waals surface area (Å²) in [5, 5.41) is 0. The van der Waals surface area contributed by atoms with E-state index in [4.69, 9.17) is 0 Å². The molecule has 0 radical (unpaired) electrons. The lowest BCUT2D eigenvalue weighted by molar-refractivity contribution is 1.42. The van der Waals surface area contributed by atoms with Crippen molar-refractivity contribution in [1.29, 1.82) is 0 Å². The van der Waals surface area contributed by atoms with Crippen molar-refractivity contribution in [3.8, 4) is 10.6 Å². The maximum Gasteiger partial charge on any atom is 0.260 e. The molecule has 1 aromatic carbocycles. The molecule has 0 N–H and O–H groups in total. The monoisotopic (exact) mass is 323 g/mol. The van der Waals surface area contributed by atoms with Crippen LogP contribution in [0.1, 0.15) is 0 Å². The normalized spacial score (nSPS) is 10.9. The molecule has 0 bridgehead atoms. The molecule has 2 heterocycles. The third kappa shape index (κ3) is 2.06. The average Bonchev–Trinajstić information content (AvgIpc) is 2.75. The molecule has 2 aromatic heterocycles. The number of rotatable bonds is 1. The molecule has 2 nitrogen and oxygen atoms in total. The lowest BCUT2D eigenvalue weighted by Crippen LogP contribution is -2.01. The molecule has 5 heteroatoms. The first kappa shape index (κ1) is 11.1. The minimum absolute atomic E-state index is 0.0121. The summed E-state index contributed by atoms with van der Waals surface area (Å²) in [6.07, 6.45) is 0. The molecule has 0 aliphatic rings. The maximum absolute atomic E-state index is 12.0. The molecule has 0 unspecified atom stereocenters. The number of nitrogens with zero attached hydrogens (tertiary/aromatic N) is 1. The molecule has 0 spiro atoms. The van der Waals surface area contributed by atoms with Crippen LogP contribution in [0.15, 0.2) is 45.0 Å². The fraction of sp³-hybridized carbons (Fsp3) is 0. The standard InChI is InChI=1S/C12H6BrNOS2/c13-10-6-5-9(16-10)11-12(15)17-8-4-2-1-3-7(8)14-11/h1-6H. The molecule has 0 saturated heterocycles. The summed E-state index contributed by atoms with van der Waals surface area (Å²) in [4.78, 5) is 17.3. The van der Waals surface area contributed by atoms with Crippen LogP contribution in [0.3, 0.4) is 0 Å². The summed E-state index contributed by atoms with van der Waals surface area (Å²) in [5.74, 6) is 0. The zero-order chi connectivity index (χ0) is 11.8. The van der Waals surface area contributed by atoms with Gasteiger partial charge in [-0.3, -0.25) is 4.79 Å². The third-order valence-corrected chi connectivity index (χ3v) is 4.87. The molecule has 0 aliphatic heterocycles. The number of fused-ring (bicyclic) bond motifs is 1. The topological polar surface area (TPSA) is 30.0 Å². The van der Waals surface area contributed by atoms with Gasteiger partial charge in [-0.25, -0.2) is 4.98 Å². The van der Waals surface area contributed by atoms with Gasteiger partial charge in [0.15, 0.2) is 0 Å². The molecule has 3 aromatic rings. The van der Waals surface area contributed by atoms with E-state index in [1.807, 2.05) is 36.4 Å². The second kappa shape index (κ2) is 4.33. The van der Waals surface area contributed by atoms with Crippen LogP contribution >= 0.6 is 38.6 Å². The average molecular weight is 324 g/mol. The van der Waals surface area contributed by atoms with Gasteiger partial charge in [-0.15, -0.1) is 11.3 Å². The van der Waals surface area contributed by atoms with Crippen LogP contribution in [0.25, 0.3) is 20.8 Å². The highest BCUT2D eigenvalue weighted by Gasteiger charge is 2.09. The smallest absolute Gasteiger partial charge is 0.260 e. The van der Waals surface area contributed by atoms with Crippen molar-refractivity contribution in [2.24, 2.45) is 0 Å². The van der Waals surface area contributed by atoms with E-state index in [9.17, 15) is 4.79 Å². The molecule has 0 saturated carbocycles. The van der Waals surface area contributed by atoms with Gasteiger partial charge in [0.1, 0.15) is 5.69 Å². The SMILES string of the molecule is O=c1sc2ccccc2nc1-c1ccc(Br)s1. The molecule has 0 aliphatic carbocycles. The van der Waals surface area contributed by atoms with Gasteiger partial charge in [0.25, 0.3) is 4.74 Å². The summed E-state index contributed by atoms with van der Waals surface area (Å²) in [6.45, 7) is 0. The van der Waals surface area contributed by atoms with Gasteiger partial charge in [-0.1, -0.05) is 23.5 Å². The largest absolute Gasteiger partial charge is 0.275 e. The Morgan fingerprint density at radius 2 is 1.88 bits per heavy atom. The number of thiophene rings is 1. The fourth-order valence-electron chi connectivity index (χ4n) is 1.55. The maximum atomic E-state index is 12.0. The first-order valence-electron chi connectivity index (χ1n) is 4.89. The Balaban J connectivity index is 2.30. The molecular weight excluding hydrogens is 318 g/mol. The van der Waals surface area contributed by atoms with Gasteiger partial charge in [0.05, 0.1) is 18.9 Å². The van der Waals surface area contributed by atoms with Gasteiger partial charge in [-0.05, 0) is 40.2 Å². The van der Waals surface area contributed by atoms with Gasteiger partial charge in [0.2, 0.25) is 0 Å². The Kier molecular flexibility index (Phi) is 2.82. The number of benzene rings is 1. The zero-order valence-electron chi connectivity index (χ0n) is 8.51. The van der Waals surface area contributed by atoms with Crippen LogP contribution in [-0.4, -0.2) is 4.98 Å². The predicted octanol–water partition coefficient (Wildman–Crippen LogP) is 4.15. The van der Waals surface area contributed by atoms with Crippen LogP contribution in [0.4, 0.5) is 0 Å². The minimum atomic E-state index is 0.0121. The van der Waals surface area contributed by atoms with Gasteiger partial charge in [0, 0.05) is 0 Å². The number of aromatic nitrogens is 1. The summed E-state index contributed by atoms with van der Waals surface area (Å²) >= 11 is 6.17. The molecule has 3 rings (SSSR count). The van der Waals surface area contributed by atoms with Crippen LogP contribution in [0.5, 0.6) is 0 Å². The lowest BCUT2D eigenvalue weighted by Gasteiger charge is -1.98. The number of hydrogen-bond donors (Lipinski definition) is 0. The Hall–Kier alpha value is -1.04. The van der Waals surface area contributed by atoms with Crippen molar-refractivity contribution in [3.63, 3.8) is 0 Å². The quantitative estimate of drug-likeness (QED) is 0.673. The molecule has 0 fully saturated rings. The van der Waals surface area contributed by atoms with E-state index in [2.05, 4.69) is 20.9 Å². The number of hydrogen-bond acceptors (Lipinski definition) is 4. The van der Waals surface area contributed by atoms with E-state index < -0.39 is 0 Å². The highest BCUT2D eigenvalue weighted by Crippen LogP contribution is 2.29. The van der Waals surface area contributed by atoms with Crippen molar-refractivity contribution in [3.05, 3.63) is 49.7 Å². The third-order valence-electron chi connectivity index (χ3n) is 2.30. The first-order valence-corrected chi connectivity index (χ1v) is 7.32. The second-order valence-corrected chi connectivity index (χ2v) is 6.90. The van der Waals surface area contributed by atoms with Crippen LogP contribution in [0, 0.1) is 0 Å². The van der Waals surface area contributed by atoms with Crippen LogP contribution < -0.4 is 4.74 Å². The Labute approximate surface area is 114 Å². The highest BCUT2D eigenvalue weighted by atomic mass is 79.9. The Morgan fingerprint density at radius 3 is 2.65 bits per heavy atom. The van der Waals surface area contributed by atoms with Crippen molar-refractivity contribution in [2.75, 3.05) is 0 Å². The molecule has 0 atom stereocenters. The fourth-order valence-corrected chi connectivity index (χ4v) is 3.80. The molecule has 0 amide bonds. The van der Waals surface area contributed by atoms with Gasteiger partial charge < -0.3 is 0 Å². The summed E-state index contributed by atoms with van der Waals surface area (Å²) in [5.41, 5.74) is 1.42. The minimum Gasteiger partial charge on any atom is -0.275 e. The number of halogens is 1. The van der Waals surface area contributed by atoms with E-state index >= 15 is 0 Å². The summed E-state index contributed by atoms with van der Waals surface area (Å²) in [6, 6.07) is 11.5. The van der Waals surface area contributed by atoms with Crippen molar-refractivity contribution < 1.29 is 0 Å². The molecular formula is C12H6BrNOS2. The van der Waals surface area contributed by atoms with E-state index in [1.165, 1.54) is 22.7 Å².